The zero-order chi connectivity index (χ0) is 15.0. The molecule has 0 spiro atoms. The fourth-order valence-electron chi connectivity index (χ4n) is 1.50. The van der Waals surface area contributed by atoms with E-state index in [9.17, 15) is 4.79 Å². The number of amides is 1. The predicted octanol–water partition coefficient (Wildman–Crippen LogP) is 2.97. The Balaban J connectivity index is 0.00000400. The zero-order valence-corrected chi connectivity index (χ0v) is 13.7. The number of ether oxygens (including phenoxy) is 2. The van der Waals surface area contributed by atoms with Crippen LogP contribution in [-0.4, -0.2) is 25.2 Å². The van der Waals surface area contributed by atoms with Crippen molar-refractivity contribution in [2.24, 2.45) is 5.73 Å². The third-order valence-electron chi connectivity index (χ3n) is 2.55. The molecule has 1 aromatic carbocycles. The highest BCUT2D eigenvalue weighted by Crippen LogP contribution is 2.31. The molecule has 0 aliphatic heterocycles. The van der Waals surface area contributed by atoms with Crippen LogP contribution in [0.25, 0.3) is 0 Å². The highest BCUT2D eigenvalue weighted by atomic mass is 35.5. The second-order valence-corrected chi connectivity index (χ2v) is 4.64. The first kappa shape index (κ1) is 19.5. The fourth-order valence-corrected chi connectivity index (χ4v) is 1.50. The maximum atomic E-state index is 11.6. The molecule has 0 saturated carbocycles. The second kappa shape index (κ2) is 10.3. The van der Waals surface area contributed by atoms with Crippen LogP contribution in [0.4, 0.5) is 5.69 Å². The normalized spacial score (nSPS) is 11.2. The molecule has 0 aliphatic carbocycles. The molecule has 0 radical (unpaired) electrons. The Kier molecular flexibility index (Phi) is 9.58. The Hall–Kier alpha value is -1.46. The van der Waals surface area contributed by atoms with E-state index < -0.39 is 6.04 Å². The Morgan fingerprint density at radius 3 is 2.29 bits per heavy atom. The highest BCUT2D eigenvalue weighted by Gasteiger charge is 2.11. The van der Waals surface area contributed by atoms with Crippen LogP contribution in [0.1, 0.15) is 33.6 Å². The van der Waals surface area contributed by atoms with E-state index in [2.05, 4.69) is 5.32 Å². The molecule has 1 rings (SSSR count). The lowest BCUT2D eigenvalue weighted by Crippen LogP contribution is -2.32. The number of anilines is 1. The molecule has 120 valence electrons. The third-order valence-corrected chi connectivity index (χ3v) is 2.55. The Morgan fingerprint density at radius 1 is 1.19 bits per heavy atom. The van der Waals surface area contributed by atoms with Crippen molar-refractivity contribution in [3.63, 3.8) is 0 Å². The smallest absolute Gasteiger partial charge is 0.241 e. The third kappa shape index (κ3) is 6.69. The molecule has 0 aliphatic rings. The van der Waals surface area contributed by atoms with E-state index in [-0.39, 0.29) is 18.3 Å². The van der Waals surface area contributed by atoms with Crippen LogP contribution in [-0.2, 0) is 4.79 Å². The first-order chi connectivity index (χ1) is 9.58. The van der Waals surface area contributed by atoms with Gasteiger partial charge in [-0.1, -0.05) is 13.8 Å². The van der Waals surface area contributed by atoms with Gasteiger partial charge in [0, 0.05) is 11.8 Å². The number of hydrogen-bond donors (Lipinski definition) is 2. The Morgan fingerprint density at radius 2 is 1.76 bits per heavy atom. The van der Waals surface area contributed by atoms with Gasteiger partial charge in [0.15, 0.2) is 11.5 Å². The Bertz CT molecular complexity index is 439. The lowest BCUT2D eigenvalue weighted by atomic mass is 10.2. The number of nitrogens with one attached hydrogen (secondary N) is 1. The van der Waals surface area contributed by atoms with Crippen molar-refractivity contribution in [3.05, 3.63) is 18.2 Å². The molecule has 3 N–H and O–H groups in total. The first-order valence-electron chi connectivity index (χ1n) is 7.04. The van der Waals surface area contributed by atoms with Gasteiger partial charge in [0.1, 0.15) is 0 Å². The molecule has 21 heavy (non-hydrogen) atoms. The number of hydrogen-bond acceptors (Lipinski definition) is 4. The standard InChI is InChI=1S/C15H24N2O3.ClH/c1-4-8-19-13-7-6-12(17-15(18)11(3)16)10-14(13)20-9-5-2;/h6-7,10-11H,4-5,8-9,16H2,1-3H3,(H,17,18);1H/t11-;/m1./s1. The van der Waals surface area contributed by atoms with Crippen LogP contribution < -0.4 is 20.5 Å². The molecule has 1 atom stereocenters. The van der Waals surface area contributed by atoms with Crippen molar-refractivity contribution in [2.75, 3.05) is 18.5 Å². The molecule has 0 bridgehead atoms. The van der Waals surface area contributed by atoms with Crippen LogP contribution >= 0.6 is 12.4 Å². The lowest BCUT2D eigenvalue weighted by molar-refractivity contribution is -0.117. The van der Waals surface area contributed by atoms with Gasteiger partial charge in [-0.2, -0.15) is 0 Å². The molecule has 0 saturated heterocycles. The monoisotopic (exact) mass is 316 g/mol. The molecule has 5 nitrogen and oxygen atoms in total. The van der Waals surface area contributed by atoms with Crippen molar-refractivity contribution in [1.82, 2.24) is 0 Å². The van der Waals surface area contributed by atoms with Crippen LogP contribution in [0.5, 0.6) is 11.5 Å². The summed E-state index contributed by atoms with van der Waals surface area (Å²) in [6.45, 7) is 6.96. The van der Waals surface area contributed by atoms with Crippen LogP contribution in [0.2, 0.25) is 0 Å². The molecule has 1 amide bonds. The van der Waals surface area contributed by atoms with E-state index in [1.54, 1.807) is 25.1 Å². The van der Waals surface area contributed by atoms with Crippen molar-refractivity contribution >= 4 is 24.0 Å². The van der Waals surface area contributed by atoms with Crippen molar-refractivity contribution in [2.45, 2.75) is 39.7 Å². The van der Waals surface area contributed by atoms with Crippen LogP contribution in [0.15, 0.2) is 18.2 Å². The summed E-state index contributed by atoms with van der Waals surface area (Å²) >= 11 is 0. The van der Waals surface area contributed by atoms with Gasteiger partial charge >= 0.3 is 0 Å². The van der Waals surface area contributed by atoms with Crippen LogP contribution in [0.3, 0.4) is 0 Å². The van der Waals surface area contributed by atoms with Crippen molar-refractivity contribution < 1.29 is 14.3 Å². The molecule has 1 aromatic rings. The first-order valence-corrected chi connectivity index (χ1v) is 7.04. The van der Waals surface area contributed by atoms with Crippen molar-refractivity contribution in [3.8, 4) is 11.5 Å². The van der Waals surface area contributed by atoms with E-state index in [4.69, 9.17) is 15.2 Å². The number of benzene rings is 1. The van der Waals surface area contributed by atoms with E-state index in [1.165, 1.54) is 0 Å². The molecular weight excluding hydrogens is 292 g/mol. The van der Waals surface area contributed by atoms with E-state index in [0.29, 0.717) is 30.4 Å². The van der Waals surface area contributed by atoms with E-state index in [0.717, 1.165) is 12.8 Å². The highest BCUT2D eigenvalue weighted by molar-refractivity contribution is 5.94. The van der Waals surface area contributed by atoms with Gasteiger partial charge in [0.05, 0.1) is 19.3 Å². The fraction of sp³-hybridized carbons (Fsp3) is 0.533. The zero-order valence-electron chi connectivity index (χ0n) is 12.8. The van der Waals surface area contributed by atoms with E-state index in [1.807, 2.05) is 13.8 Å². The summed E-state index contributed by atoms with van der Waals surface area (Å²) in [5.41, 5.74) is 6.18. The maximum absolute atomic E-state index is 11.6. The van der Waals surface area contributed by atoms with Gasteiger partial charge in [-0.15, -0.1) is 12.4 Å². The molecular formula is C15H25ClN2O3. The summed E-state index contributed by atoms with van der Waals surface area (Å²) < 4.78 is 11.3. The average molecular weight is 317 g/mol. The average Bonchev–Trinajstić information content (AvgIpc) is 2.43. The Labute approximate surface area is 132 Å². The summed E-state index contributed by atoms with van der Waals surface area (Å²) in [7, 11) is 0. The minimum atomic E-state index is -0.550. The van der Waals surface area contributed by atoms with E-state index >= 15 is 0 Å². The summed E-state index contributed by atoms with van der Waals surface area (Å²) in [5.74, 6) is 1.11. The second-order valence-electron chi connectivity index (χ2n) is 4.64. The SMILES string of the molecule is CCCOc1ccc(NC(=O)[C@@H](C)N)cc1OCCC.Cl. The number of rotatable bonds is 8. The molecule has 0 aromatic heterocycles. The minimum Gasteiger partial charge on any atom is -0.490 e. The van der Waals surface area contributed by atoms with Gasteiger partial charge in [-0.25, -0.2) is 0 Å². The lowest BCUT2D eigenvalue weighted by Gasteiger charge is -2.14. The molecule has 0 heterocycles. The van der Waals surface area contributed by atoms with Gasteiger partial charge < -0.3 is 20.5 Å². The van der Waals surface area contributed by atoms with Gasteiger partial charge in [0.25, 0.3) is 0 Å². The quantitative estimate of drug-likeness (QED) is 0.773. The minimum absolute atomic E-state index is 0. The summed E-state index contributed by atoms with van der Waals surface area (Å²) in [6, 6.07) is 4.80. The number of nitrogens with two attached hydrogens (primary N) is 1. The predicted molar refractivity (Wildman–Crippen MR) is 87.5 cm³/mol. The van der Waals surface area contributed by atoms with Crippen LogP contribution in [0, 0.1) is 0 Å². The molecule has 0 unspecified atom stereocenters. The molecule has 0 fully saturated rings. The number of carbonyl (C=O) groups excluding carboxylic acids is 1. The molecule has 6 heteroatoms. The topological polar surface area (TPSA) is 73.6 Å². The summed E-state index contributed by atoms with van der Waals surface area (Å²) in [6.07, 6.45) is 1.83. The van der Waals surface area contributed by atoms with Gasteiger partial charge in [-0.05, 0) is 31.9 Å². The maximum Gasteiger partial charge on any atom is 0.241 e. The summed E-state index contributed by atoms with van der Waals surface area (Å²) in [4.78, 5) is 11.6. The van der Waals surface area contributed by atoms with Gasteiger partial charge in [-0.3, -0.25) is 4.79 Å². The number of halogens is 1. The van der Waals surface area contributed by atoms with Crippen molar-refractivity contribution in [1.29, 1.82) is 0 Å². The number of carbonyl (C=O) groups is 1. The summed E-state index contributed by atoms with van der Waals surface area (Å²) in [5, 5.41) is 2.74. The van der Waals surface area contributed by atoms with Gasteiger partial charge in [0.2, 0.25) is 5.91 Å². The largest absolute Gasteiger partial charge is 0.490 e.